The van der Waals surface area contributed by atoms with Crippen molar-refractivity contribution in [3.8, 4) is 5.75 Å². The second-order valence-electron chi connectivity index (χ2n) is 6.78. The monoisotopic (exact) mass is 459 g/mol. The van der Waals surface area contributed by atoms with Crippen LogP contribution in [0.2, 0.25) is 0 Å². The average Bonchev–Trinajstić information content (AvgIpc) is 2.68. The summed E-state index contributed by atoms with van der Waals surface area (Å²) in [6, 6.07) is 7.87. The molecule has 0 aliphatic carbocycles. The molecule has 3 N–H and O–H groups in total. The maximum Gasteiger partial charge on any atom is 0.573 e. The topological polar surface area (TPSA) is 118 Å². The SMILES string of the molecule is NS(=O)(=O)c1ccc(N2CCN(CC(=O)Nc3ccc(OC(F)(F)F)cc3)CC2)nc1. The average molecular weight is 459 g/mol. The van der Waals surface area contributed by atoms with E-state index >= 15 is 0 Å². The van der Waals surface area contributed by atoms with Crippen molar-refractivity contribution in [3.63, 3.8) is 0 Å². The summed E-state index contributed by atoms with van der Waals surface area (Å²) >= 11 is 0. The van der Waals surface area contributed by atoms with E-state index in [1.54, 1.807) is 6.07 Å². The zero-order valence-electron chi connectivity index (χ0n) is 16.2. The van der Waals surface area contributed by atoms with E-state index < -0.39 is 16.4 Å². The van der Waals surface area contributed by atoms with Crippen LogP contribution in [0.1, 0.15) is 0 Å². The van der Waals surface area contributed by atoms with Crippen LogP contribution in [0.5, 0.6) is 5.75 Å². The van der Waals surface area contributed by atoms with Crippen LogP contribution in [0.25, 0.3) is 0 Å². The number of nitrogens with two attached hydrogens (primary N) is 1. The van der Waals surface area contributed by atoms with Crippen molar-refractivity contribution in [2.24, 2.45) is 5.14 Å². The summed E-state index contributed by atoms with van der Waals surface area (Å²) < 4.78 is 62.9. The van der Waals surface area contributed by atoms with E-state index in [4.69, 9.17) is 5.14 Å². The number of sulfonamides is 1. The molecule has 2 heterocycles. The number of alkyl halides is 3. The maximum atomic E-state index is 12.2. The maximum absolute atomic E-state index is 12.2. The summed E-state index contributed by atoms with van der Waals surface area (Å²) in [7, 11) is -3.80. The molecule has 0 radical (unpaired) electrons. The number of carbonyl (C=O) groups excluding carboxylic acids is 1. The Morgan fingerprint density at radius 3 is 2.26 bits per heavy atom. The van der Waals surface area contributed by atoms with Crippen LogP contribution in [-0.4, -0.2) is 63.3 Å². The number of hydrogen-bond donors (Lipinski definition) is 2. The van der Waals surface area contributed by atoms with Gasteiger partial charge in [0.2, 0.25) is 15.9 Å². The lowest BCUT2D eigenvalue weighted by molar-refractivity contribution is -0.274. The number of rotatable bonds is 6. The minimum atomic E-state index is -4.77. The molecule has 1 aromatic heterocycles. The summed E-state index contributed by atoms with van der Waals surface area (Å²) in [6.07, 6.45) is -3.57. The minimum absolute atomic E-state index is 0.0652. The van der Waals surface area contributed by atoms with E-state index in [1.165, 1.54) is 24.4 Å². The van der Waals surface area contributed by atoms with E-state index in [9.17, 15) is 26.4 Å². The Morgan fingerprint density at radius 1 is 1.10 bits per heavy atom. The molecule has 31 heavy (non-hydrogen) atoms. The fraction of sp³-hybridized carbons (Fsp3) is 0.333. The number of ether oxygens (including phenoxy) is 1. The van der Waals surface area contributed by atoms with Crippen molar-refractivity contribution in [1.82, 2.24) is 9.88 Å². The number of benzene rings is 1. The first-order valence-electron chi connectivity index (χ1n) is 9.11. The smallest absolute Gasteiger partial charge is 0.406 e. The molecular formula is C18H20F3N5O4S. The first kappa shape index (κ1) is 22.8. The third-order valence-corrected chi connectivity index (χ3v) is 5.38. The number of pyridine rings is 1. The van der Waals surface area contributed by atoms with Crippen molar-refractivity contribution >= 4 is 27.4 Å². The fourth-order valence-electron chi connectivity index (χ4n) is 3.01. The van der Waals surface area contributed by atoms with Crippen molar-refractivity contribution in [1.29, 1.82) is 0 Å². The van der Waals surface area contributed by atoms with Crippen LogP contribution in [0.15, 0.2) is 47.5 Å². The molecule has 13 heteroatoms. The van der Waals surface area contributed by atoms with Gasteiger partial charge < -0.3 is 15.0 Å². The Hall–Kier alpha value is -2.90. The quantitative estimate of drug-likeness (QED) is 0.670. The number of primary sulfonamides is 1. The Bertz CT molecular complexity index is 1010. The van der Waals surface area contributed by atoms with Gasteiger partial charge in [0.25, 0.3) is 0 Å². The number of nitrogens with one attached hydrogen (secondary N) is 1. The van der Waals surface area contributed by atoms with E-state index in [0.29, 0.717) is 37.7 Å². The molecule has 0 atom stereocenters. The molecule has 1 saturated heterocycles. The van der Waals surface area contributed by atoms with Gasteiger partial charge in [-0.2, -0.15) is 0 Å². The van der Waals surface area contributed by atoms with E-state index in [1.807, 2.05) is 9.80 Å². The summed E-state index contributed by atoms with van der Waals surface area (Å²) in [6.45, 7) is 2.43. The lowest BCUT2D eigenvalue weighted by Gasteiger charge is -2.35. The molecule has 168 valence electrons. The van der Waals surface area contributed by atoms with E-state index in [0.717, 1.165) is 12.1 Å². The van der Waals surface area contributed by atoms with Gasteiger partial charge in [-0.25, -0.2) is 18.5 Å². The number of hydrogen-bond acceptors (Lipinski definition) is 7. The fourth-order valence-corrected chi connectivity index (χ4v) is 3.46. The standard InChI is InChI=1S/C18H20F3N5O4S/c19-18(20,21)30-14-3-1-13(2-4-14)24-17(27)12-25-7-9-26(10-8-25)16-6-5-15(11-23-16)31(22,28)29/h1-6,11H,7-10,12H2,(H,24,27)(H2,22,28,29). The first-order chi connectivity index (χ1) is 14.5. The number of nitrogens with zero attached hydrogens (tertiary/aromatic N) is 3. The van der Waals surface area contributed by atoms with Gasteiger partial charge in [-0.3, -0.25) is 9.69 Å². The molecule has 1 fully saturated rings. The number of piperazine rings is 1. The molecule has 0 bridgehead atoms. The van der Waals surface area contributed by atoms with E-state index in [-0.39, 0.29) is 23.1 Å². The number of aromatic nitrogens is 1. The zero-order chi connectivity index (χ0) is 22.6. The molecule has 2 aromatic rings. The second-order valence-corrected chi connectivity index (χ2v) is 8.34. The second kappa shape index (κ2) is 9.08. The highest BCUT2D eigenvalue weighted by Gasteiger charge is 2.31. The molecular weight excluding hydrogens is 439 g/mol. The number of halogens is 3. The molecule has 1 aromatic carbocycles. The Kier molecular flexibility index (Phi) is 6.67. The summed E-state index contributed by atoms with van der Waals surface area (Å²) in [5, 5.41) is 7.69. The number of carbonyl (C=O) groups is 1. The van der Waals surface area contributed by atoms with Crippen LogP contribution in [0.3, 0.4) is 0 Å². The van der Waals surface area contributed by atoms with Gasteiger partial charge in [-0.1, -0.05) is 0 Å². The van der Waals surface area contributed by atoms with Crippen LogP contribution in [0, 0.1) is 0 Å². The highest BCUT2D eigenvalue weighted by Crippen LogP contribution is 2.24. The lowest BCUT2D eigenvalue weighted by Crippen LogP contribution is -2.48. The Labute approximate surface area is 176 Å². The Morgan fingerprint density at radius 2 is 1.74 bits per heavy atom. The van der Waals surface area contributed by atoms with Crippen LogP contribution >= 0.6 is 0 Å². The van der Waals surface area contributed by atoms with Crippen LogP contribution in [-0.2, 0) is 14.8 Å². The van der Waals surface area contributed by atoms with Gasteiger partial charge in [0.1, 0.15) is 16.5 Å². The van der Waals surface area contributed by atoms with Gasteiger partial charge in [0, 0.05) is 38.1 Å². The van der Waals surface area contributed by atoms with Crippen molar-refractivity contribution in [2.75, 3.05) is 42.9 Å². The third-order valence-electron chi connectivity index (χ3n) is 4.48. The molecule has 9 nitrogen and oxygen atoms in total. The lowest BCUT2D eigenvalue weighted by atomic mass is 10.2. The van der Waals surface area contributed by atoms with Crippen LogP contribution < -0.4 is 20.1 Å². The molecule has 1 amide bonds. The summed E-state index contributed by atoms with van der Waals surface area (Å²) in [5.41, 5.74) is 0.359. The summed E-state index contributed by atoms with van der Waals surface area (Å²) in [5.74, 6) is -0.0569. The van der Waals surface area contributed by atoms with Gasteiger partial charge in [-0.15, -0.1) is 13.2 Å². The molecule has 1 aliphatic rings. The molecule has 0 spiro atoms. The molecule has 3 rings (SSSR count). The molecule has 1 aliphatic heterocycles. The summed E-state index contributed by atoms with van der Waals surface area (Å²) in [4.78, 5) is 20.2. The normalized spacial score (nSPS) is 15.5. The third kappa shape index (κ3) is 6.80. The highest BCUT2D eigenvalue weighted by molar-refractivity contribution is 7.89. The number of amides is 1. The van der Waals surface area contributed by atoms with Gasteiger partial charge in [-0.05, 0) is 36.4 Å². The molecule has 0 saturated carbocycles. The zero-order valence-corrected chi connectivity index (χ0v) is 17.0. The number of anilines is 2. The van der Waals surface area contributed by atoms with Gasteiger partial charge >= 0.3 is 6.36 Å². The molecule has 0 unspecified atom stereocenters. The largest absolute Gasteiger partial charge is 0.573 e. The highest BCUT2D eigenvalue weighted by atomic mass is 32.2. The van der Waals surface area contributed by atoms with Crippen molar-refractivity contribution in [2.45, 2.75) is 11.3 Å². The van der Waals surface area contributed by atoms with Crippen LogP contribution in [0.4, 0.5) is 24.7 Å². The van der Waals surface area contributed by atoms with Crippen molar-refractivity contribution in [3.05, 3.63) is 42.6 Å². The Balaban J connectivity index is 1.46. The van der Waals surface area contributed by atoms with Gasteiger partial charge in [0.15, 0.2) is 0 Å². The predicted octanol–water partition coefficient (Wildman–Crippen LogP) is 1.39. The van der Waals surface area contributed by atoms with Gasteiger partial charge in [0.05, 0.1) is 6.54 Å². The minimum Gasteiger partial charge on any atom is -0.406 e. The predicted molar refractivity (Wildman–Crippen MR) is 106 cm³/mol. The van der Waals surface area contributed by atoms with E-state index in [2.05, 4.69) is 15.0 Å². The first-order valence-corrected chi connectivity index (χ1v) is 10.7. The van der Waals surface area contributed by atoms with Crippen molar-refractivity contribution < 1.29 is 31.1 Å².